The predicted octanol–water partition coefficient (Wildman–Crippen LogP) is 2.71. The largest absolute Gasteiger partial charge is 0.311 e. The maximum Gasteiger partial charge on any atom is 0.0184 e. The standard InChI is InChI=1S/C11H21N/c1-2-6-11(7-3-8-12-11)9-10-4-5-10/h10,12H,2-9H2,1H3. The highest BCUT2D eigenvalue weighted by Gasteiger charge is 2.37. The molecule has 12 heavy (non-hydrogen) atoms. The fourth-order valence-corrected chi connectivity index (χ4v) is 2.71. The Kier molecular flexibility index (Phi) is 2.40. The lowest BCUT2D eigenvalue weighted by Crippen LogP contribution is -2.39. The molecule has 1 heteroatoms. The van der Waals surface area contributed by atoms with E-state index in [4.69, 9.17) is 0 Å². The van der Waals surface area contributed by atoms with Crippen molar-refractivity contribution in [2.75, 3.05) is 6.54 Å². The zero-order valence-corrected chi connectivity index (χ0v) is 8.23. The van der Waals surface area contributed by atoms with Gasteiger partial charge in [0.25, 0.3) is 0 Å². The number of rotatable bonds is 4. The molecule has 0 spiro atoms. The molecule has 1 atom stereocenters. The Balaban J connectivity index is 1.89. The van der Waals surface area contributed by atoms with Crippen LogP contribution in [-0.4, -0.2) is 12.1 Å². The Bertz CT molecular complexity index is 143. The van der Waals surface area contributed by atoms with Crippen molar-refractivity contribution in [3.05, 3.63) is 0 Å². The Morgan fingerprint density at radius 1 is 1.42 bits per heavy atom. The lowest BCUT2D eigenvalue weighted by Gasteiger charge is -2.29. The van der Waals surface area contributed by atoms with Crippen LogP contribution in [0.15, 0.2) is 0 Å². The van der Waals surface area contributed by atoms with E-state index in [0.29, 0.717) is 5.54 Å². The summed E-state index contributed by atoms with van der Waals surface area (Å²) in [6.45, 7) is 3.58. The van der Waals surface area contributed by atoms with Crippen molar-refractivity contribution in [2.24, 2.45) is 5.92 Å². The molecular weight excluding hydrogens is 146 g/mol. The molecule has 1 saturated heterocycles. The Hall–Kier alpha value is -0.0400. The van der Waals surface area contributed by atoms with Gasteiger partial charge in [0.1, 0.15) is 0 Å². The minimum Gasteiger partial charge on any atom is -0.311 e. The first-order valence-electron chi connectivity index (χ1n) is 5.60. The van der Waals surface area contributed by atoms with Crippen molar-refractivity contribution < 1.29 is 0 Å². The van der Waals surface area contributed by atoms with E-state index < -0.39 is 0 Å². The van der Waals surface area contributed by atoms with Gasteiger partial charge in [-0.1, -0.05) is 26.2 Å². The lowest BCUT2D eigenvalue weighted by atomic mass is 9.86. The highest BCUT2D eigenvalue weighted by atomic mass is 15.0. The Morgan fingerprint density at radius 3 is 2.75 bits per heavy atom. The number of nitrogens with one attached hydrogen (secondary N) is 1. The molecule has 1 heterocycles. The molecule has 0 aromatic carbocycles. The summed E-state index contributed by atoms with van der Waals surface area (Å²) >= 11 is 0. The van der Waals surface area contributed by atoms with E-state index in [-0.39, 0.29) is 0 Å². The average molecular weight is 167 g/mol. The molecule has 0 aromatic rings. The smallest absolute Gasteiger partial charge is 0.0184 e. The van der Waals surface area contributed by atoms with Gasteiger partial charge in [0.2, 0.25) is 0 Å². The molecule has 2 rings (SSSR count). The highest BCUT2D eigenvalue weighted by molar-refractivity contribution is 4.96. The second kappa shape index (κ2) is 3.37. The van der Waals surface area contributed by atoms with Crippen LogP contribution in [0.1, 0.15) is 51.9 Å². The molecule has 0 bridgehead atoms. The lowest BCUT2D eigenvalue weighted by molar-refractivity contribution is 0.304. The predicted molar refractivity (Wildman–Crippen MR) is 52.2 cm³/mol. The summed E-state index contributed by atoms with van der Waals surface area (Å²) in [7, 11) is 0. The van der Waals surface area contributed by atoms with Crippen LogP contribution in [0.2, 0.25) is 0 Å². The van der Waals surface area contributed by atoms with Crippen LogP contribution in [0.3, 0.4) is 0 Å². The number of hydrogen-bond donors (Lipinski definition) is 1. The van der Waals surface area contributed by atoms with Crippen LogP contribution in [0.4, 0.5) is 0 Å². The first-order valence-corrected chi connectivity index (χ1v) is 5.60. The van der Waals surface area contributed by atoms with Crippen LogP contribution in [0.5, 0.6) is 0 Å². The normalized spacial score (nSPS) is 35.8. The van der Waals surface area contributed by atoms with E-state index in [0.717, 1.165) is 5.92 Å². The second-order valence-electron chi connectivity index (χ2n) is 4.71. The van der Waals surface area contributed by atoms with Crippen molar-refractivity contribution >= 4 is 0 Å². The minimum absolute atomic E-state index is 0.579. The van der Waals surface area contributed by atoms with Crippen molar-refractivity contribution in [3.8, 4) is 0 Å². The van der Waals surface area contributed by atoms with E-state index >= 15 is 0 Å². The van der Waals surface area contributed by atoms with Gasteiger partial charge in [0.05, 0.1) is 0 Å². The molecule has 2 aliphatic rings. The van der Waals surface area contributed by atoms with Crippen molar-refractivity contribution in [2.45, 2.75) is 57.4 Å². The maximum absolute atomic E-state index is 3.74. The zero-order valence-electron chi connectivity index (χ0n) is 8.23. The summed E-state index contributed by atoms with van der Waals surface area (Å²) in [5.41, 5.74) is 0.579. The molecule has 1 aliphatic heterocycles. The van der Waals surface area contributed by atoms with Crippen LogP contribution in [0.25, 0.3) is 0 Å². The average Bonchev–Trinajstić information content (AvgIpc) is 2.72. The Labute approximate surface area is 75.9 Å². The molecule has 2 fully saturated rings. The van der Waals surface area contributed by atoms with Gasteiger partial charge in [-0.3, -0.25) is 0 Å². The summed E-state index contributed by atoms with van der Waals surface area (Å²) in [4.78, 5) is 0. The number of hydrogen-bond acceptors (Lipinski definition) is 1. The summed E-state index contributed by atoms with van der Waals surface area (Å²) in [6, 6.07) is 0. The van der Waals surface area contributed by atoms with Gasteiger partial charge >= 0.3 is 0 Å². The van der Waals surface area contributed by atoms with Gasteiger partial charge in [-0.05, 0) is 38.1 Å². The van der Waals surface area contributed by atoms with Gasteiger partial charge in [0.15, 0.2) is 0 Å². The molecule has 0 amide bonds. The summed E-state index contributed by atoms with van der Waals surface area (Å²) < 4.78 is 0. The third-order valence-electron chi connectivity index (χ3n) is 3.44. The highest BCUT2D eigenvalue weighted by Crippen LogP contribution is 2.41. The third kappa shape index (κ3) is 1.82. The molecule has 1 aliphatic carbocycles. The van der Waals surface area contributed by atoms with Gasteiger partial charge in [-0.25, -0.2) is 0 Å². The molecule has 0 radical (unpaired) electrons. The van der Waals surface area contributed by atoms with Crippen molar-refractivity contribution in [1.29, 1.82) is 0 Å². The summed E-state index contributed by atoms with van der Waals surface area (Å²) in [6.07, 6.45) is 10.1. The fourth-order valence-electron chi connectivity index (χ4n) is 2.71. The second-order valence-corrected chi connectivity index (χ2v) is 4.71. The van der Waals surface area contributed by atoms with Crippen molar-refractivity contribution in [1.82, 2.24) is 5.32 Å². The van der Waals surface area contributed by atoms with Crippen LogP contribution < -0.4 is 5.32 Å². The maximum atomic E-state index is 3.74. The van der Waals surface area contributed by atoms with Gasteiger partial charge < -0.3 is 5.32 Å². The SMILES string of the molecule is CCCC1(CC2CC2)CCCN1. The molecule has 70 valence electrons. The van der Waals surface area contributed by atoms with Crippen LogP contribution >= 0.6 is 0 Å². The minimum atomic E-state index is 0.579. The van der Waals surface area contributed by atoms with Gasteiger partial charge in [0, 0.05) is 5.54 Å². The van der Waals surface area contributed by atoms with Crippen LogP contribution in [-0.2, 0) is 0 Å². The molecule has 1 unspecified atom stereocenters. The van der Waals surface area contributed by atoms with Crippen LogP contribution in [0, 0.1) is 5.92 Å². The van der Waals surface area contributed by atoms with E-state index in [1.165, 1.54) is 51.5 Å². The van der Waals surface area contributed by atoms with E-state index in [2.05, 4.69) is 12.2 Å². The molecular formula is C11H21N. The van der Waals surface area contributed by atoms with Gasteiger partial charge in [-0.2, -0.15) is 0 Å². The van der Waals surface area contributed by atoms with E-state index in [1.807, 2.05) is 0 Å². The first kappa shape index (κ1) is 8.55. The van der Waals surface area contributed by atoms with Gasteiger partial charge in [-0.15, -0.1) is 0 Å². The van der Waals surface area contributed by atoms with Crippen molar-refractivity contribution in [3.63, 3.8) is 0 Å². The molecule has 1 saturated carbocycles. The monoisotopic (exact) mass is 167 g/mol. The first-order chi connectivity index (χ1) is 5.85. The third-order valence-corrected chi connectivity index (χ3v) is 3.44. The topological polar surface area (TPSA) is 12.0 Å². The zero-order chi connectivity index (χ0) is 8.44. The Morgan fingerprint density at radius 2 is 2.25 bits per heavy atom. The quantitative estimate of drug-likeness (QED) is 0.679. The summed E-state index contributed by atoms with van der Waals surface area (Å²) in [5, 5.41) is 3.74. The molecule has 1 N–H and O–H groups in total. The summed E-state index contributed by atoms with van der Waals surface area (Å²) in [5.74, 6) is 1.09. The fraction of sp³-hybridized carbons (Fsp3) is 1.00. The van der Waals surface area contributed by atoms with E-state index in [9.17, 15) is 0 Å². The van der Waals surface area contributed by atoms with E-state index in [1.54, 1.807) is 0 Å². The molecule has 0 aromatic heterocycles. The molecule has 1 nitrogen and oxygen atoms in total.